The zero-order valence-electron chi connectivity index (χ0n) is 10.3. The van der Waals surface area contributed by atoms with Crippen molar-refractivity contribution in [2.45, 2.75) is 6.42 Å². The Morgan fingerprint density at radius 1 is 1.00 bits per heavy atom. The fraction of sp³-hybridized carbons (Fsp3) is 0.0667. The highest BCUT2D eigenvalue weighted by Crippen LogP contribution is 2.15. The molecule has 2 rings (SSSR count). The first-order chi connectivity index (χ1) is 9.49. The molecule has 0 saturated carbocycles. The van der Waals surface area contributed by atoms with Gasteiger partial charge in [-0.25, -0.2) is 13.6 Å². The third kappa shape index (κ3) is 2.88. The minimum atomic E-state index is -1.14. The molecule has 102 valence electrons. The summed E-state index contributed by atoms with van der Waals surface area (Å²) in [5.41, 5.74) is 0.349. The maximum Gasteiger partial charge on any atom is 0.335 e. The van der Waals surface area contributed by atoms with Gasteiger partial charge in [-0.15, -0.1) is 0 Å². The van der Waals surface area contributed by atoms with Gasteiger partial charge in [0, 0.05) is 12.0 Å². The van der Waals surface area contributed by atoms with Gasteiger partial charge in [0.15, 0.2) is 17.4 Å². The fourth-order valence-electron chi connectivity index (χ4n) is 1.83. The van der Waals surface area contributed by atoms with Gasteiger partial charge in [0.2, 0.25) is 0 Å². The van der Waals surface area contributed by atoms with Crippen LogP contribution in [0.1, 0.15) is 26.3 Å². The predicted molar refractivity (Wildman–Crippen MR) is 67.8 cm³/mol. The fourth-order valence-corrected chi connectivity index (χ4v) is 1.83. The van der Waals surface area contributed by atoms with Crippen LogP contribution < -0.4 is 0 Å². The Kier molecular flexibility index (Phi) is 3.89. The van der Waals surface area contributed by atoms with Gasteiger partial charge in [0.05, 0.1) is 5.56 Å². The number of carboxylic acid groups (broad SMARTS) is 1. The number of benzene rings is 2. The molecule has 0 amide bonds. The molecule has 2 aromatic rings. The van der Waals surface area contributed by atoms with Crippen LogP contribution in [0.3, 0.4) is 0 Å². The summed E-state index contributed by atoms with van der Waals surface area (Å²) in [4.78, 5) is 23.0. The predicted octanol–water partition coefficient (Wildman–Crippen LogP) is 3.09. The number of hydrogen-bond acceptors (Lipinski definition) is 2. The van der Waals surface area contributed by atoms with Crippen LogP contribution in [0, 0.1) is 11.6 Å². The van der Waals surface area contributed by atoms with Crippen molar-refractivity contribution in [1.29, 1.82) is 0 Å². The van der Waals surface area contributed by atoms with Crippen LogP contribution in [0.2, 0.25) is 0 Å². The molecule has 0 atom stereocenters. The molecule has 20 heavy (non-hydrogen) atoms. The maximum absolute atomic E-state index is 13.1. The molecule has 0 aromatic heterocycles. The highest BCUT2D eigenvalue weighted by atomic mass is 19.2. The van der Waals surface area contributed by atoms with Gasteiger partial charge in [-0.3, -0.25) is 4.79 Å². The molecular formula is C15H10F2O3. The lowest BCUT2D eigenvalue weighted by atomic mass is 9.99. The van der Waals surface area contributed by atoms with E-state index in [1.165, 1.54) is 18.2 Å². The number of carboxylic acids is 1. The molecule has 0 aliphatic rings. The van der Waals surface area contributed by atoms with E-state index in [1.54, 1.807) is 12.1 Å². The van der Waals surface area contributed by atoms with Crippen LogP contribution in [0.5, 0.6) is 0 Å². The number of carbonyl (C=O) groups is 2. The zero-order chi connectivity index (χ0) is 14.7. The molecule has 0 fully saturated rings. The number of rotatable bonds is 4. The van der Waals surface area contributed by atoms with Crippen molar-refractivity contribution in [3.05, 3.63) is 70.8 Å². The summed E-state index contributed by atoms with van der Waals surface area (Å²) in [7, 11) is 0. The summed E-state index contributed by atoms with van der Waals surface area (Å²) in [6.45, 7) is 0. The second kappa shape index (κ2) is 5.61. The van der Waals surface area contributed by atoms with E-state index in [9.17, 15) is 18.4 Å². The standard InChI is InChI=1S/C15H10F2O3/c16-12-6-5-10(7-13(12)17)14(18)8-9-3-1-2-4-11(9)15(19)20/h1-7H,8H2,(H,19,20). The summed E-state index contributed by atoms with van der Waals surface area (Å²) in [5.74, 6) is -3.76. The Hall–Kier alpha value is -2.56. The van der Waals surface area contributed by atoms with Crippen LogP contribution >= 0.6 is 0 Å². The Morgan fingerprint density at radius 3 is 2.35 bits per heavy atom. The lowest BCUT2D eigenvalue weighted by molar-refractivity contribution is 0.0696. The second-order valence-corrected chi connectivity index (χ2v) is 4.19. The van der Waals surface area contributed by atoms with E-state index in [4.69, 9.17) is 5.11 Å². The molecule has 0 heterocycles. The van der Waals surface area contributed by atoms with Gasteiger partial charge in [0.25, 0.3) is 0 Å². The van der Waals surface area contributed by atoms with Crippen LogP contribution in [-0.4, -0.2) is 16.9 Å². The SMILES string of the molecule is O=C(Cc1ccccc1C(=O)O)c1ccc(F)c(F)c1. The molecule has 0 unspecified atom stereocenters. The molecule has 0 spiro atoms. The van der Waals surface area contributed by atoms with Crippen LogP contribution in [0.4, 0.5) is 8.78 Å². The summed E-state index contributed by atoms with van der Waals surface area (Å²) in [5, 5.41) is 9.01. The van der Waals surface area contributed by atoms with Gasteiger partial charge in [0.1, 0.15) is 0 Å². The van der Waals surface area contributed by atoms with Gasteiger partial charge in [-0.1, -0.05) is 18.2 Å². The van der Waals surface area contributed by atoms with E-state index in [-0.39, 0.29) is 17.5 Å². The maximum atomic E-state index is 13.1. The molecular weight excluding hydrogens is 266 g/mol. The van der Waals surface area contributed by atoms with Crippen molar-refractivity contribution in [3.8, 4) is 0 Å². The third-order valence-corrected chi connectivity index (χ3v) is 2.84. The number of carbonyl (C=O) groups excluding carboxylic acids is 1. The van der Waals surface area contributed by atoms with Gasteiger partial charge in [-0.2, -0.15) is 0 Å². The van der Waals surface area contributed by atoms with Gasteiger partial charge in [-0.05, 0) is 29.8 Å². The Balaban J connectivity index is 2.28. The Morgan fingerprint density at radius 2 is 1.70 bits per heavy atom. The first kappa shape index (κ1) is 13.9. The highest BCUT2D eigenvalue weighted by molar-refractivity contribution is 5.99. The van der Waals surface area contributed by atoms with Crippen molar-refractivity contribution in [2.24, 2.45) is 0 Å². The molecule has 3 nitrogen and oxygen atoms in total. The Labute approximate surface area is 113 Å². The third-order valence-electron chi connectivity index (χ3n) is 2.84. The van der Waals surface area contributed by atoms with E-state index in [2.05, 4.69) is 0 Å². The van der Waals surface area contributed by atoms with Gasteiger partial charge < -0.3 is 5.11 Å². The first-order valence-electron chi connectivity index (χ1n) is 5.78. The van der Waals surface area contributed by atoms with Crippen molar-refractivity contribution < 1.29 is 23.5 Å². The smallest absolute Gasteiger partial charge is 0.335 e. The molecule has 0 saturated heterocycles. The minimum Gasteiger partial charge on any atom is -0.478 e. The monoisotopic (exact) mass is 276 g/mol. The lowest BCUT2D eigenvalue weighted by Gasteiger charge is -2.05. The molecule has 2 aromatic carbocycles. The lowest BCUT2D eigenvalue weighted by Crippen LogP contribution is -2.09. The van der Waals surface area contributed by atoms with Gasteiger partial charge >= 0.3 is 5.97 Å². The van der Waals surface area contributed by atoms with Crippen LogP contribution in [-0.2, 0) is 6.42 Å². The van der Waals surface area contributed by atoms with E-state index < -0.39 is 23.4 Å². The van der Waals surface area contributed by atoms with Crippen LogP contribution in [0.15, 0.2) is 42.5 Å². The molecule has 5 heteroatoms. The molecule has 1 N–H and O–H groups in total. The summed E-state index contributed by atoms with van der Waals surface area (Å²) < 4.78 is 25.9. The van der Waals surface area contributed by atoms with Crippen molar-refractivity contribution in [1.82, 2.24) is 0 Å². The van der Waals surface area contributed by atoms with Crippen molar-refractivity contribution in [2.75, 3.05) is 0 Å². The van der Waals surface area contributed by atoms with Crippen molar-refractivity contribution in [3.63, 3.8) is 0 Å². The topological polar surface area (TPSA) is 54.4 Å². The van der Waals surface area contributed by atoms with E-state index in [0.717, 1.165) is 12.1 Å². The molecule has 0 aliphatic carbocycles. The molecule has 0 bridgehead atoms. The Bertz CT molecular complexity index is 681. The molecule has 0 radical (unpaired) electrons. The summed E-state index contributed by atoms with van der Waals surface area (Å²) in [6, 6.07) is 8.91. The number of ketones is 1. The summed E-state index contributed by atoms with van der Waals surface area (Å²) in [6.07, 6.45) is -0.187. The van der Waals surface area contributed by atoms with E-state index >= 15 is 0 Å². The number of halogens is 2. The number of hydrogen-bond donors (Lipinski definition) is 1. The highest BCUT2D eigenvalue weighted by Gasteiger charge is 2.15. The quantitative estimate of drug-likeness (QED) is 0.873. The van der Waals surface area contributed by atoms with E-state index in [1.807, 2.05) is 0 Å². The van der Waals surface area contributed by atoms with Crippen molar-refractivity contribution >= 4 is 11.8 Å². The number of Topliss-reactive ketones (excluding diaryl/α,β-unsaturated/α-hetero) is 1. The minimum absolute atomic E-state index is 0.00379. The normalized spacial score (nSPS) is 10.3. The summed E-state index contributed by atoms with van der Waals surface area (Å²) >= 11 is 0. The second-order valence-electron chi connectivity index (χ2n) is 4.19. The average molecular weight is 276 g/mol. The largest absolute Gasteiger partial charge is 0.478 e. The van der Waals surface area contributed by atoms with Crippen LogP contribution in [0.25, 0.3) is 0 Å². The van der Waals surface area contributed by atoms with E-state index in [0.29, 0.717) is 5.56 Å². The zero-order valence-corrected chi connectivity index (χ0v) is 10.3. The average Bonchev–Trinajstić information content (AvgIpc) is 2.42. The molecule has 0 aliphatic heterocycles. The first-order valence-corrected chi connectivity index (χ1v) is 5.78. The number of aromatic carboxylic acids is 1.